The highest BCUT2D eigenvalue weighted by atomic mass is 16.2. The van der Waals surface area contributed by atoms with Gasteiger partial charge in [-0.1, -0.05) is 18.2 Å². The van der Waals surface area contributed by atoms with Gasteiger partial charge in [0.1, 0.15) is 11.2 Å². The van der Waals surface area contributed by atoms with Crippen LogP contribution in [-0.4, -0.2) is 58.9 Å². The molecule has 0 bridgehead atoms. The molecule has 36 heavy (non-hydrogen) atoms. The summed E-state index contributed by atoms with van der Waals surface area (Å²) in [7, 11) is 1.95. The third-order valence-corrected chi connectivity index (χ3v) is 6.76. The van der Waals surface area contributed by atoms with E-state index in [0.717, 1.165) is 41.1 Å². The normalized spacial score (nSPS) is 14.8. The van der Waals surface area contributed by atoms with Crippen molar-refractivity contribution in [3.63, 3.8) is 0 Å². The second kappa shape index (κ2) is 9.38. The van der Waals surface area contributed by atoms with Gasteiger partial charge in [-0.2, -0.15) is 5.26 Å². The lowest BCUT2D eigenvalue weighted by Gasteiger charge is -2.35. The molecule has 4 aromatic rings. The number of benzene rings is 2. The third-order valence-electron chi connectivity index (χ3n) is 6.76. The van der Waals surface area contributed by atoms with Gasteiger partial charge in [-0.15, -0.1) is 0 Å². The number of likely N-dealkylation sites (N-methyl/N-ethyl adjacent to an activating group) is 1. The molecule has 1 fully saturated rings. The van der Waals surface area contributed by atoms with E-state index in [9.17, 15) is 9.59 Å². The van der Waals surface area contributed by atoms with Crippen molar-refractivity contribution in [2.24, 2.45) is 0 Å². The fraction of sp³-hybridized carbons (Fsp3) is 0.214. The number of rotatable bonds is 4. The molecule has 2 amide bonds. The largest absolute Gasteiger partial charge is 0.347 e. The minimum atomic E-state index is -0.225. The molecule has 2 N–H and O–H groups in total. The van der Waals surface area contributed by atoms with Crippen molar-refractivity contribution in [3.8, 4) is 28.5 Å². The van der Waals surface area contributed by atoms with Crippen molar-refractivity contribution in [1.29, 1.82) is 5.26 Å². The Morgan fingerprint density at radius 3 is 2.42 bits per heavy atom. The molecule has 0 atom stereocenters. The Labute approximate surface area is 209 Å². The highest BCUT2D eigenvalue weighted by molar-refractivity contribution is 6.01. The molecule has 0 saturated carbocycles. The summed E-state index contributed by atoms with van der Waals surface area (Å²) in [6.07, 6.45) is 3.80. The van der Waals surface area contributed by atoms with Crippen molar-refractivity contribution in [2.75, 3.05) is 38.5 Å². The number of nitriles is 1. The first-order valence-corrected chi connectivity index (χ1v) is 11.9. The van der Waals surface area contributed by atoms with Crippen molar-refractivity contribution >= 4 is 23.1 Å². The van der Waals surface area contributed by atoms with Gasteiger partial charge in [0.25, 0.3) is 0 Å². The van der Waals surface area contributed by atoms with Crippen LogP contribution < -0.4 is 10.6 Å². The number of quaternary nitrogens is 1. The quantitative estimate of drug-likeness (QED) is 0.435. The van der Waals surface area contributed by atoms with E-state index >= 15 is 0 Å². The second-order valence-electron chi connectivity index (χ2n) is 9.32. The number of pyridine rings is 1. The van der Waals surface area contributed by atoms with Gasteiger partial charge in [0.15, 0.2) is 0 Å². The predicted octanol–water partition coefficient (Wildman–Crippen LogP) is 3.69. The number of anilines is 1. The Morgan fingerprint density at radius 2 is 1.72 bits per heavy atom. The molecule has 5 rings (SSSR count). The number of piperazine rings is 1. The number of carbonyl (C=O) groups excluding carboxylic acids is 2. The minimum Gasteiger partial charge on any atom is -0.325 e. The smallest absolute Gasteiger partial charge is 0.325 e. The lowest BCUT2D eigenvalue weighted by Crippen LogP contribution is -2.59. The van der Waals surface area contributed by atoms with Crippen LogP contribution in [-0.2, 0) is 4.79 Å². The number of hydrogen-bond acceptors (Lipinski definition) is 5. The van der Waals surface area contributed by atoms with E-state index in [-0.39, 0.29) is 11.8 Å². The second-order valence-corrected chi connectivity index (χ2v) is 9.32. The van der Waals surface area contributed by atoms with Crippen molar-refractivity contribution in [1.82, 2.24) is 14.7 Å². The standard InChI is InChI=1S/C28H26N6O2/c1-19(35)32-25-15-22(7-9-24(25)28(36)34(2)13-11-30-12-14-34)23-8-10-27-31-17-26(33(27)18-23)21-5-3-20(16-29)4-6-21/h3-10,15,17-18,30H,11-14H2,1-2H3/p+1. The van der Waals surface area contributed by atoms with Crippen LogP contribution >= 0.6 is 0 Å². The first kappa shape index (κ1) is 23.4. The Hall–Kier alpha value is -4.32. The fourth-order valence-corrected chi connectivity index (χ4v) is 4.67. The van der Waals surface area contributed by atoms with E-state index in [1.807, 2.05) is 66.3 Å². The summed E-state index contributed by atoms with van der Waals surface area (Å²) in [6.45, 7) is 4.42. The molecule has 0 unspecified atom stereocenters. The van der Waals surface area contributed by atoms with Gasteiger partial charge < -0.3 is 10.6 Å². The molecule has 8 nitrogen and oxygen atoms in total. The number of aromatic nitrogens is 2. The summed E-state index contributed by atoms with van der Waals surface area (Å²) >= 11 is 0. The number of nitrogens with zero attached hydrogens (tertiary/aromatic N) is 4. The summed E-state index contributed by atoms with van der Waals surface area (Å²) in [5.74, 6) is -0.225. The van der Waals surface area contributed by atoms with Crippen molar-refractivity contribution < 1.29 is 14.1 Å². The average molecular weight is 480 g/mol. The Bertz CT molecular complexity index is 1510. The molecule has 0 aliphatic carbocycles. The van der Waals surface area contributed by atoms with Gasteiger partial charge in [-0.25, -0.2) is 9.78 Å². The van der Waals surface area contributed by atoms with Crippen LogP contribution in [0.2, 0.25) is 0 Å². The number of carbonyl (C=O) groups is 2. The lowest BCUT2D eigenvalue weighted by atomic mass is 10.0. The highest BCUT2D eigenvalue weighted by Crippen LogP contribution is 2.30. The highest BCUT2D eigenvalue weighted by Gasteiger charge is 2.36. The van der Waals surface area contributed by atoms with Crippen LogP contribution in [0.25, 0.3) is 28.0 Å². The number of imidazole rings is 1. The van der Waals surface area contributed by atoms with E-state index in [1.165, 1.54) is 6.92 Å². The average Bonchev–Trinajstić information content (AvgIpc) is 3.32. The summed E-state index contributed by atoms with van der Waals surface area (Å²) in [5, 5.41) is 15.3. The van der Waals surface area contributed by atoms with Crippen LogP contribution in [0.15, 0.2) is 67.0 Å². The van der Waals surface area contributed by atoms with Gasteiger partial charge in [-0.05, 0) is 47.5 Å². The molecule has 1 aliphatic rings. The zero-order valence-corrected chi connectivity index (χ0v) is 20.3. The van der Waals surface area contributed by atoms with E-state index in [4.69, 9.17) is 5.26 Å². The molecule has 180 valence electrons. The molecule has 1 saturated heterocycles. The Kier molecular flexibility index (Phi) is 6.10. The van der Waals surface area contributed by atoms with Crippen LogP contribution in [0.3, 0.4) is 0 Å². The number of hydrogen-bond donors (Lipinski definition) is 2. The minimum absolute atomic E-state index is 0.0000335. The third kappa shape index (κ3) is 4.38. The zero-order valence-electron chi connectivity index (χ0n) is 20.3. The van der Waals surface area contributed by atoms with E-state index in [1.54, 1.807) is 12.1 Å². The van der Waals surface area contributed by atoms with Crippen LogP contribution in [0.1, 0.15) is 22.8 Å². The fourth-order valence-electron chi connectivity index (χ4n) is 4.67. The Morgan fingerprint density at radius 1 is 1.03 bits per heavy atom. The first-order chi connectivity index (χ1) is 17.4. The molecule has 0 radical (unpaired) electrons. The first-order valence-electron chi connectivity index (χ1n) is 11.9. The lowest BCUT2D eigenvalue weighted by molar-refractivity contribution is -0.830. The summed E-state index contributed by atoms with van der Waals surface area (Å²) in [4.78, 5) is 30.0. The number of fused-ring (bicyclic) bond motifs is 1. The number of amides is 2. The summed E-state index contributed by atoms with van der Waals surface area (Å²) in [6, 6.07) is 19.0. The van der Waals surface area contributed by atoms with Gasteiger partial charge >= 0.3 is 5.91 Å². The van der Waals surface area contributed by atoms with Crippen LogP contribution in [0.5, 0.6) is 0 Å². The van der Waals surface area contributed by atoms with Crippen molar-refractivity contribution in [2.45, 2.75) is 6.92 Å². The molecule has 3 heterocycles. The summed E-state index contributed by atoms with van der Waals surface area (Å²) in [5.41, 5.74) is 6.07. The van der Waals surface area contributed by atoms with E-state index in [2.05, 4.69) is 21.7 Å². The molecule has 1 aliphatic heterocycles. The Balaban J connectivity index is 1.55. The van der Waals surface area contributed by atoms with Gasteiger partial charge in [0, 0.05) is 31.8 Å². The topological polar surface area (TPSA) is 99.3 Å². The van der Waals surface area contributed by atoms with Gasteiger partial charge in [0.05, 0.1) is 49.3 Å². The zero-order chi connectivity index (χ0) is 25.3. The van der Waals surface area contributed by atoms with E-state index < -0.39 is 0 Å². The molecular formula is C28H27N6O2+. The maximum Gasteiger partial charge on any atom is 0.347 e. The molecular weight excluding hydrogens is 452 g/mol. The number of nitrogens with one attached hydrogen (secondary N) is 2. The van der Waals surface area contributed by atoms with E-state index in [0.29, 0.717) is 34.4 Å². The molecule has 2 aromatic carbocycles. The predicted molar refractivity (Wildman–Crippen MR) is 138 cm³/mol. The SMILES string of the molecule is CC(=O)Nc1cc(-c2ccc3ncc(-c4ccc(C#N)cc4)n3c2)ccc1C(=O)[N+]1(C)CCNCC1. The maximum atomic E-state index is 13.5. The van der Waals surface area contributed by atoms with Gasteiger partial charge in [0.2, 0.25) is 5.91 Å². The van der Waals surface area contributed by atoms with Crippen molar-refractivity contribution in [3.05, 3.63) is 78.1 Å². The maximum absolute atomic E-state index is 13.5. The van der Waals surface area contributed by atoms with Crippen LogP contribution in [0.4, 0.5) is 5.69 Å². The summed E-state index contributed by atoms with van der Waals surface area (Å²) < 4.78 is 2.30. The van der Waals surface area contributed by atoms with Crippen LogP contribution in [0, 0.1) is 11.3 Å². The van der Waals surface area contributed by atoms with Gasteiger partial charge in [-0.3, -0.25) is 13.7 Å². The molecule has 8 heteroatoms. The molecule has 2 aromatic heterocycles. The molecule has 0 spiro atoms. The monoisotopic (exact) mass is 479 g/mol.